The minimum absolute atomic E-state index is 0.0692. The summed E-state index contributed by atoms with van der Waals surface area (Å²) in [6, 6.07) is 22.8. The summed E-state index contributed by atoms with van der Waals surface area (Å²) >= 11 is 3.52. The molecule has 1 aliphatic rings. The van der Waals surface area contributed by atoms with Crippen LogP contribution < -0.4 is 14.8 Å². The number of nitrogens with one attached hydrogen (secondary N) is 1. The lowest BCUT2D eigenvalue weighted by Gasteiger charge is -2.31. The summed E-state index contributed by atoms with van der Waals surface area (Å²) in [5, 5.41) is 3.01. The van der Waals surface area contributed by atoms with E-state index in [9.17, 15) is 9.59 Å². The summed E-state index contributed by atoms with van der Waals surface area (Å²) in [6.45, 7) is 3.14. The Morgan fingerprint density at radius 1 is 0.944 bits per heavy atom. The number of hydrogen-bond donors (Lipinski definition) is 1. The van der Waals surface area contributed by atoms with E-state index in [1.54, 1.807) is 4.90 Å². The third-order valence-electron chi connectivity index (χ3n) is 6.13. The van der Waals surface area contributed by atoms with E-state index in [0.29, 0.717) is 31.7 Å². The first-order valence-corrected chi connectivity index (χ1v) is 13.1. The molecule has 36 heavy (non-hydrogen) atoms. The van der Waals surface area contributed by atoms with Gasteiger partial charge in [-0.3, -0.25) is 9.59 Å². The van der Waals surface area contributed by atoms with Crippen LogP contribution >= 0.6 is 15.9 Å². The second-order valence-electron chi connectivity index (χ2n) is 8.84. The highest BCUT2D eigenvalue weighted by atomic mass is 79.9. The van der Waals surface area contributed by atoms with Crippen LogP contribution in [0.3, 0.4) is 0 Å². The molecule has 0 saturated carbocycles. The maximum absolute atomic E-state index is 13.7. The third kappa shape index (κ3) is 6.88. The maximum atomic E-state index is 13.7. The Hall–Kier alpha value is -3.32. The zero-order chi connectivity index (χ0) is 25.3. The van der Waals surface area contributed by atoms with Crippen molar-refractivity contribution in [1.82, 2.24) is 10.2 Å². The van der Waals surface area contributed by atoms with Crippen molar-refractivity contribution in [3.8, 4) is 11.5 Å². The largest absolute Gasteiger partial charge is 0.454 e. The van der Waals surface area contributed by atoms with Gasteiger partial charge in [0.1, 0.15) is 6.04 Å². The predicted octanol–water partition coefficient (Wildman–Crippen LogP) is 5.28. The minimum Gasteiger partial charge on any atom is -0.454 e. The second-order valence-corrected chi connectivity index (χ2v) is 9.75. The van der Waals surface area contributed by atoms with Gasteiger partial charge in [0.25, 0.3) is 0 Å². The first-order chi connectivity index (χ1) is 17.5. The monoisotopic (exact) mass is 550 g/mol. The SMILES string of the molecule is CCCNC(=O)[C@@H](Cc1ccccc1)N(Cc1cccc(Br)c1)C(=O)CCc1ccc2c(c1)OCO2. The molecule has 0 radical (unpaired) electrons. The number of rotatable bonds is 11. The van der Waals surface area contributed by atoms with E-state index >= 15 is 0 Å². The quantitative estimate of drug-likeness (QED) is 0.353. The lowest BCUT2D eigenvalue weighted by molar-refractivity contribution is -0.141. The number of halogens is 1. The molecule has 0 unspecified atom stereocenters. The number of hydrogen-bond acceptors (Lipinski definition) is 4. The molecule has 188 valence electrons. The van der Waals surface area contributed by atoms with Crippen molar-refractivity contribution in [2.75, 3.05) is 13.3 Å². The van der Waals surface area contributed by atoms with Crippen LogP contribution in [0.2, 0.25) is 0 Å². The molecule has 3 aromatic rings. The van der Waals surface area contributed by atoms with Crippen LogP contribution in [0.5, 0.6) is 11.5 Å². The molecular formula is C29H31BrN2O4. The van der Waals surface area contributed by atoms with E-state index in [-0.39, 0.29) is 25.0 Å². The van der Waals surface area contributed by atoms with Gasteiger partial charge in [0.05, 0.1) is 0 Å². The summed E-state index contributed by atoms with van der Waals surface area (Å²) in [5.41, 5.74) is 2.96. The third-order valence-corrected chi connectivity index (χ3v) is 6.62. The highest BCUT2D eigenvalue weighted by Crippen LogP contribution is 2.33. The van der Waals surface area contributed by atoms with Gasteiger partial charge in [-0.2, -0.15) is 0 Å². The zero-order valence-corrected chi connectivity index (χ0v) is 22.0. The van der Waals surface area contributed by atoms with Gasteiger partial charge in [0.15, 0.2) is 11.5 Å². The van der Waals surface area contributed by atoms with Gasteiger partial charge in [-0.05, 0) is 53.8 Å². The Balaban J connectivity index is 1.58. The summed E-state index contributed by atoms with van der Waals surface area (Å²) in [6.07, 6.45) is 2.09. The van der Waals surface area contributed by atoms with Crippen LogP contribution in [0.4, 0.5) is 0 Å². The zero-order valence-electron chi connectivity index (χ0n) is 20.4. The molecule has 1 aliphatic heterocycles. The van der Waals surface area contributed by atoms with Crippen LogP contribution in [0.15, 0.2) is 77.3 Å². The number of carbonyl (C=O) groups is 2. The predicted molar refractivity (Wildman–Crippen MR) is 143 cm³/mol. The Kier molecular flexibility index (Phi) is 9.01. The van der Waals surface area contributed by atoms with Gasteiger partial charge in [-0.25, -0.2) is 0 Å². The second kappa shape index (κ2) is 12.6. The Morgan fingerprint density at radius 3 is 2.50 bits per heavy atom. The molecule has 0 bridgehead atoms. The van der Waals surface area contributed by atoms with E-state index in [1.807, 2.05) is 79.7 Å². The van der Waals surface area contributed by atoms with Crippen LogP contribution in [-0.2, 0) is 29.0 Å². The molecule has 1 heterocycles. The lowest BCUT2D eigenvalue weighted by atomic mass is 10.0. The molecule has 6 nitrogen and oxygen atoms in total. The number of amides is 2. The average molecular weight is 551 g/mol. The first kappa shape index (κ1) is 25.8. The van der Waals surface area contributed by atoms with Gasteiger partial charge in [0.2, 0.25) is 18.6 Å². The Morgan fingerprint density at radius 2 is 1.72 bits per heavy atom. The Bertz CT molecular complexity index is 1180. The normalized spacial score (nSPS) is 12.7. The molecule has 0 aliphatic carbocycles. The van der Waals surface area contributed by atoms with Gasteiger partial charge in [-0.15, -0.1) is 0 Å². The summed E-state index contributed by atoms with van der Waals surface area (Å²) < 4.78 is 11.8. The van der Waals surface area contributed by atoms with Crippen LogP contribution in [0.25, 0.3) is 0 Å². The molecule has 0 spiro atoms. The van der Waals surface area contributed by atoms with Crippen molar-refractivity contribution >= 4 is 27.7 Å². The number of benzene rings is 3. The molecule has 0 saturated heterocycles. The van der Waals surface area contributed by atoms with Gasteiger partial charge in [-0.1, -0.05) is 71.4 Å². The van der Waals surface area contributed by atoms with Gasteiger partial charge in [0, 0.05) is 30.4 Å². The van der Waals surface area contributed by atoms with Crippen molar-refractivity contribution in [3.05, 3.63) is 94.0 Å². The average Bonchev–Trinajstić information content (AvgIpc) is 3.36. The fourth-order valence-corrected chi connectivity index (χ4v) is 4.69. The van der Waals surface area contributed by atoms with Crippen molar-refractivity contribution in [1.29, 1.82) is 0 Å². The van der Waals surface area contributed by atoms with Crippen LogP contribution in [-0.4, -0.2) is 36.1 Å². The van der Waals surface area contributed by atoms with E-state index in [1.165, 1.54) is 0 Å². The molecule has 3 aromatic carbocycles. The fraction of sp³-hybridized carbons (Fsp3) is 0.310. The molecule has 0 aromatic heterocycles. The van der Waals surface area contributed by atoms with Crippen molar-refractivity contribution in [3.63, 3.8) is 0 Å². The highest BCUT2D eigenvalue weighted by molar-refractivity contribution is 9.10. The van der Waals surface area contributed by atoms with Crippen molar-refractivity contribution in [2.45, 2.75) is 45.2 Å². The van der Waals surface area contributed by atoms with E-state index in [0.717, 1.165) is 33.3 Å². The smallest absolute Gasteiger partial charge is 0.243 e. The standard InChI is InChI=1S/C29H31BrN2O4/c1-2-15-31-29(34)25(17-21-7-4-3-5-8-21)32(19-23-9-6-10-24(30)16-23)28(33)14-12-22-11-13-26-27(18-22)36-20-35-26/h3-11,13,16,18,25H,2,12,14-15,17,19-20H2,1H3,(H,31,34)/t25-/m1/s1. The fourth-order valence-electron chi connectivity index (χ4n) is 4.24. The van der Waals surface area contributed by atoms with Crippen molar-refractivity contribution < 1.29 is 19.1 Å². The molecule has 2 amide bonds. The molecule has 4 rings (SSSR count). The maximum Gasteiger partial charge on any atom is 0.243 e. The number of carbonyl (C=O) groups excluding carboxylic acids is 2. The molecule has 1 atom stereocenters. The summed E-state index contributed by atoms with van der Waals surface area (Å²) in [5.74, 6) is 1.22. The summed E-state index contributed by atoms with van der Waals surface area (Å²) in [7, 11) is 0. The highest BCUT2D eigenvalue weighted by Gasteiger charge is 2.30. The molecule has 0 fully saturated rings. The summed E-state index contributed by atoms with van der Waals surface area (Å²) in [4.78, 5) is 28.8. The molecular weight excluding hydrogens is 520 g/mol. The number of nitrogens with zero attached hydrogens (tertiary/aromatic N) is 1. The van der Waals surface area contributed by atoms with Gasteiger partial charge < -0.3 is 19.7 Å². The van der Waals surface area contributed by atoms with E-state index in [4.69, 9.17) is 9.47 Å². The van der Waals surface area contributed by atoms with E-state index in [2.05, 4.69) is 21.2 Å². The Labute approximate surface area is 220 Å². The van der Waals surface area contributed by atoms with Crippen LogP contribution in [0.1, 0.15) is 36.5 Å². The number of fused-ring (bicyclic) bond motifs is 1. The minimum atomic E-state index is -0.623. The number of aryl methyl sites for hydroxylation is 1. The lowest BCUT2D eigenvalue weighted by Crippen LogP contribution is -2.50. The van der Waals surface area contributed by atoms with Gasteiger partial charge >= 0.3 is 0 Å². The van der Waals surface area contributed by atoms with Crippen LogP contribution in [0, 0.1) is 0 Å². The first-order valence-electron chi connectivity index (χ1n) is 12.3. The topological polar surface area (TPSA) is 67.9 Å². The number of ether oxygens (including phenoxy) is 2. The molecule has 7 heteroatoms. The van der Waals surface area contributed by atoms with Crippen molar-refractivity contribution in [2.24, 2.45) is 0 Å². The molecule has 1 N–H and O–H groups in total. The van der Waals surface area contributed by atoms with E-state index < -0.39 is 6.04 Å².